The summed E-state index contributed by atoms with van der Waals surface area (Å²) >= 11 is 5.95. The number of nitrogens with two attached hydrogens (primary N) is 1. The molecular formula is C13H19ClN2O2. The van der Waals surface area contributed by atoms with Crippen LogP contribution < -0.4 is 10.6 Å². The molecule has 0 aliphatic heterocycles. The Morgan fingerprint density at radius 2 is 2.17 bits per heavy atom. The summed E-state index contributed by atoms with van der Waals surface area (Å²) in [5, 5.41) is 0.588. The third kappa shape index (κ3) is 3.29. The molecule has 0 spiro atoms. The van der Waals surface area contributed by atoms with Gasteiger partial charge in [-0.25, -0.2) is 4.79 Å². The quantitative estimate of drug-likeness (QED) is 0.660. The molecular weight excluding hydrogens is 252 g/mol. The molecule has 0 saturated heterocycles. The van der Waals surface area contributed by atoms with Gasteiger partial charge >= 0.3 is 5.97 Å². The zero-order valence-electron chi connectivity index (χ0n) is 10.9. The Balaban J connectivity index is 2.99. The number of carbonyl (C=O) groups excluding carboxylic acids is 1. The number of hydrogen-bond acceptors (Lipinski definition) is 4. The van der Waals surface area contributed by atoms with Gasteiger partial charge < -0.3 is 15.4 Å². The molecule has 18 heavy (non-hydrogen) atoms. The van der Waals surface area contributed by atoms with E-state index < -0.39 is 0 Å². The largest absolute Gasteiger partial charge is 0.464 e. The van der Waals surface area contributed by atoms with Gasteiger partial charge in [-0.1, -0.05) is 18.5 Å². The molecule has 0 aromatic heterocycles. The van der Waals surface area contributed by atoms with E-state index >= 15 is 0 Å². The van der Waals surface area contributed by atoms with Crippen LogP contribution in [0.15, 0.2) is 18.2 Å². The second-order valence-corrected chi connectivity index (χ2v) is 4.43. The smallest absolute Gasteiger partial charge is 0.328 e. The highest BCUT2D eigenvalue weighted by Crippen LogP contribution is 2.28. The Morgan fingerprint density at radius 3 is 2.72 bits per heavy atom. The van der Waals surface area contributed by atoms with Crippen molar-refractivity contribution in [1.29, 1.82) is 0 Å². The number of ether oxygens (including phenoxy) is 1. The maximum absolute atomic E-state index is 11.8. The first-order chi connectivity index (χ1) is 8.51. The van der Waals surface area contributed by atoms with E-state index in [9.17, 15) is 4.79 Å². The Kier molecular flexibility index (Phi) is 5.28. The van der Waals surface area contributed by atoms with E-state index in [1.165, 1.54) is 0 Å². The molecule has 1 unspecified atom stereocenters. The van der Waals surface area contributed by atoms with Crippen molar-refractivity contribution in [2.75, 3.05) is 24.3 Å². The summed E-state index contributed by atoms with van der Waals surface area (Å²) in [7, 11) is 1.81. The zero-order chi connectivity index (χ0) is 13.7. The Labute approximate surface area is 113 Å². The molecule has 0 bridgehead atoms. The highest BCUT2D eigenvalue weighted by molar-refractivity contribution is 6.31. The fourth-order valence-corrected chi connectivity index (χ4v) is 1.99. The summed E-state index contributed by atoms with van der Waals surface area (Å²) in [6, 6.07) is 4.84. The monoisotopic (exact) mass is 270 g/mol. The molecule has 2 N–H and O–H groups in total. The number of nitrogen functional groups attached to an aromatic ring is 1. The van der Waals surface area contributed by atoms with Gasteiger partial charge in [0.15, 0.2) is 0 Å². The third-order valence-electron chi connectivity index (χ3n) is 2.79. The van der Waals surface area contributed by atoms with E-state index in [1.54, 1.807) is 30.0 Å². The Bertz CT molecular complexity index is 423. The second-order valence-electron chi connectivity index (χ2n) is 3.99. The molecule has 4 nitrogen and oxygen atoms in total. The SMILES string of the molecule is CCOC(=O)C(CC)N(C)c1cc(Cl)ccc1N. The summed E-state index contributed by atoms with van der Waals surface area (Å²) < 4.78 is 5.05. The van der Waals surface area contributed by atoms with E-state index in [2.05, 4.69) is 0 Å². The van der Waals surface area contributed by atoms with Crippen molar-refractivity contribution in [2.45, 2.75) is 26.3 Å². The maximum Gasteiger partial charge on any atom is 0.328 e. The maximum atomic E-state index is 11.8. The summed E-state index contributed by atoms with van der Waals surface area (Å²) in [4.78, 5) is 13.7. The van der Waals surface area contributed by atoms with Crippen LogP contribution in [0.4, 0.5) is 11.4 Å². The number of hydrogen-bond donors (Lipinski definition) is 1. The zero-order valence-corrected chi connectivity index (χ0v) is 11.7. The molecule has 5 heteroatoms. The van der Waals surface area contributed by atoms with Gasteiger partial charge in [0.05, 0.1) is 18.0 Å². The van der Waals surface area contributed by atoms with E-state index in [0.717, 1.165) is 5.69 Å². The first kappa shape index (κ1) is 14.6. The van der Waals surface area contributed by atoms with E-state index in [0.29, 0.717) is 23.7 Å². The van der Waals surface area contributed by atoms with Crippen molar-refractivity contribution in [1.82, 2.24) is 0 Å². The standard InChI is InChI=1S/C13H19ClN2O2/c1-4-11(13(17)18-5-2)16(3)12-8-9(14)6-7-10(12)15/h6-8,11H,4-5,15H2,1-3H3. The van der Waals surface area contributed by atoms with Crippen molar-refractivity contribution in [3.05, 3.63) is 23.2 Å². The van der Waals surface area contributed by atoms with Crippen LogP contribution in [0.5, 0.6) is 0 Å². The van der Waals surface area contributed by atoms with E-state index in [-0.39, 0.29) is 12.0 Å². The molecule has 0 aliphatic carbocycles. The predicted octanol–water partition coefficient (Wildman–Crippen LogP) is 2.70. The van der Waals surface area contributed by atoms with Crippen LogP contribution in [-0.4, -0.2) is 25.7 Å². The van der Waals surface area contributed by atoms with Gasteiger partial charge in [-0.15, -0.1) is 0 Å². The van der Waals surface area contributed by atoms with Crippen molar-refractivity contribution < 1.29 is 9.53 Å². The fourth-order valence-electron chi connectivity index (χ4n) is 1.83. The lowest BCUT2D eigenvalue weighted by Crippen LogP contribution is -2.39. The lowest BCUT2D eigenvalue weighted by atomic mass is 10.1. The first-order valence-electron chi connectivity index (χ1n) is 5.95. The Hall–Kier alpha value is -1.42. The Morgan fingerprint density at radius 1 is 1.50 bits per heavy atom. The normalized spacial score (nSPS) is 12.0. The topological polar surface area (TPSA) is 55.6 Å². The fraction of sp³-hybridized carbons (Fsp3) is 0.462. The number of halogens is 1. The van der Waals surface area contributed by atoms with Gasteiger partial charge in [0.2, 0.25) is 0 Å². The highest BCUT2D eigenvalue weighted by Gasteiger charge is 2.24. The van der Waals surface area contributed by atoms with Crippen LogP contribution in [0.1, 0.15) is 20.3 Å². The molecule has 0 saturated carbocycles. The summed E-state index contributed by atoms with van der Waals surface area (Å²) in [5.74, 6) is -0.248. The molecule has 0 radical (unpaired) electrons. The third-order valence-corrected chi connectivity index (χ3v) is 3.02. The predicted molar refractivity (Wildman–Crippen MR) is 75.0 cm³/mol. The molecule has 1 aromatic carbocycles. The van der Waals surface area contributed by atoms with Crippen molar-refractivity contribution in [3.8, 4) is 0 Å². The average molecular weight is 271 g/mol. The molecule has 100 valence electrons. The van der Waals surface area contributed by atoms with E-state index in [4.69, 9.17) is 22.1 Å². The van der Waals surface area contributed by atoms with Gasteiger partial charge in [0, 0.05) is 12.1 Å². The van der Waals surface area contributed by atoms with Gasteiger partial charge in [0.1, 0.15) is 6.04 Å². The minimum atomic E-state index is -0.356. The molecule has 0 heterocycles. The molecule has 0 fully saturated rings. The summed E-state index contributed by atoms with van der Waals surface area (Å²) in [6.07, 6.45) is 0.640. The van der Waals surface area contributed by atoms with Gasteiger partial charge in [0.25, 0.3) is 0 Å². The summed E-state index contributed by atoms with van der Waals surface area (Å²) in [6.45, 7) is 4.09. The number of nitrogens with zero attached hydrogens (tertiary/aromatic N) is 1. The minimum Gasteiger partial charge on any atom is -0.464 e. The molecule has 1 atom stereocenters. The number of rotatable bonds is 5. The first-order valence-corrected chi connectivity index (χ1v) is 6.33. The number of benzene rings is 1. The number of anilines is 2. The van der Waals surface area contributed by atoms with Crippen LogP contribution in [0.2, 0.25) is 5.02 Å². The van der Waals surface area contributed by atoms with Crippen molar-refractivity contribution >= 4 is 28.9 Å². The molecule has 1 aromatic rings. The van der Waals surface area contributed by atoms with Crippen LogP contribution >= 0.6 is 11.6 Å². The van der Waals surface area contributed by atoms with Gasteiger partial charge in [-0.3, -0.25) is 0 Å². The van der Waals surface area contributed by atoms with Crippen molar-refractivity contribution in [3.63, 3.8) is 0 Å². The number of likely N-dealkylation sites (N-methyl/N-ethyl adjacent to an activating group) is 1. The summed E-state index contributed by atoms with van der Waals surface area (Å²) in [5.41, 5.74) is 7.23. The number of carbonyl (C=O) groups is 1. The van der Waals surface area contributed by atoms with Crippen LogP contribution in [-0.2, 0) is 9.53 Å². The second kappa shape index (κ2) is 6.50. The average Bonchev–Trinajstić information content (AvgIpc) is 2.33. The molecule has 0 amide bonds. The van der Waals surface area contributed by atoms with Crippen LogP contribution in [0.25, 0.3) is 0 Å². The lowest BCUT2D eigenvalue weighted by Gasteiger charge is -2.28. The number of esters is 1. The van der Waals surface area contributed by atoms with Crippen LogP contribution in [0, 0.1) is 0 Å². The lowest BCUT2D eigenvalue weighted by molar-refractivity contribution is -0.144. The van der Waals surface area contributed by atoms with Gasteiger partial charge in [-0.05, 0) is 31.5 Å². The molecule has 1 rings (SSSR count). The highest BCUT2D eigenvalue weighted by atomic mass is 35.5. The van der Waals surface area contributed by atoms with E-state index in [1.807, 2.05) is 14.0 Å². The van der Waals surface area contributed by atoms with Crippen molar-refractivity contribution in [2.24, 2.45) is 0 Å². The van der Waals surface area contributed by atoms with Crippen LogP contribution in [0.3, 0.4) is 0 Å². The minimum absolute atomic E-state index is 0.248. The van der Waals surface area contributed by atoms with Gasteiger partial charge in [-0.2, -0.15) is 0 Å². The molecule has 0 aliphatic rings.